The second-order valence-corrected chi connectivity index (χ2v) is 10.2. The van der Waals surface area contributed by atoms with Crippen molar-refractivity contribution in [2.75, 3.05) is 6.54 Å². The van der Waals surface area contributed by atoms with Gasteiger partial charge in [0.05, 0.1) is 0 Å². The molecule has 0 aliphatic carbocycles. The second-order valence-electron chi connectivity index (χ2n) is 10.2. The van der Waals surface area contributed by atoms with Crippen molar-refractivity contribution >= 4 is 35.6 Å². The summed E-state index contributed by atoms with van der Waals surface area (Å²) < 4.78 is 0. The summed E-state index contributed by atoms with van der Waals surface area (Å²) in [6, 6.07) is 15.5. The van der Waals surface area contributed by atoms with Crippen LogP contribution in [0.3, 0.4) is 0 Å². The van der Waals surface area contributed by atoms with E-state index in [1.165, 1.54) is 11.0 Å². The van der Waals surface area contributed by atoms with Crippen molar-refractivity contribution in [1.29, 1.82) is 0 Å². The maximum atomic E-state index is 13.8. The van der Waals surface area contributed by atoms with E-state index in [1.54, 1.807) is 29.7 Å². The molecular weight excluding hydrogens is 550 g/mol. The van der Waals surface area contributed by atoms with E-state index >= 15 is 0 Å². The first-order valence-electron chi connectivity index (χ1n) is 14.8. The fraction of sp³-hybridized carbons (Fsp3) is 0.406. The van der Waals surface area contributed by atoms with E-state index in [-0.39, 0.29) is 30.9 Å². The first-order chi connectivity index (χ1) is 20.9. The van der Waals surface area contributed by atoms with Gasteiger partial charge >= 0.3 is 0 Å². The Morgan fingerprint density at radius 3 is 2.28 bits per heavy atom. The monoisotopic (exact) mass is 591 g/mol. The lowest BCUT2D eigenvalue weighted by Crippen LogP contribution is -2.58. The van der Waals surface area contributed by atoms with Crippen LogP contribution in [-0.4, -0.2) is 64.3 Å². The van der Waals surface area contributed by atoms with Crippen LogP contribution in [0, 0.1) is 0 Å². The van der Waals surface area contributed by atoms with E-state index in [9.17, 15) is 24.0 Å². The van der Waals surface area contributed by atoms with Gasteiger partial charge < -0.3 is 20.9 Å². The molecule has 2 fully saturated rings. The van der Waals surface area contributed by atoms with Crippen molar-refractivity contribution in [1.82, 2.24) is 26.3 Å². The second kappa shape index (κ2) is 16.8. The summed E-state index contributed by atoms with van der Waals surface area (Å²) in [5.41, 5.74) is 3.00. The van der Waals surface area contributed by atoms with Crippen molar-refractivity contribution in [3.63, 3.8) is 0 Å². The Bertz CT molecular complexity index is 1280. The molecule has 0 saturated carbocycles. The van der Waals surface area contributed by atoms with Crippen molar-refractivity contribution in [3.05, 3.63) is 77.5 Å². The summed E-state index contributed by atoms with van der Waals surface area (Å²) >= 11 is 0. The largest absolute Gasteiger partial charge is 0.343 e. The van der Waals surface area contributed by atoms with Crippen LogP contribution in [0.1, 0.15) is 63.5 Å². The minimum Gasteiger partial charge on any atom is -0.343 e. The molecule has 0 spiro atoms. The third-order valence-corrected chi connectivity index (χ3v) is 7.24. The van der Waals surface area contributed by atoms with E-state index in [2.05, 4.69) is 16.0 Å². The van der Waals surface area contributed by atoms with Gasteiger partial charge in [0, 0.05) is 19.4 Å². The molecule has 230 valence electrons. The number of rotatable bonds is 8. The van der Waals surface area contributed by atoms with E-state index in [4.69, 9.17) is 5.21 Å². The molecule has 5 amide bonds. The molecule has 0 unspecified atom stereocenters. The number of hydrogen-bond donors (Lipinski definition) is 5. The van der Waals surface area contributed by atoms with E-state index in [1.807, 2.05) is 50.2 Å². The Kier molecular flexibility index (Phi) is 12.9. The summed E-state index contributed by atoms with van der Waals surface area (Å²) in [7, 11) is 0. The molecule has 2 heterocycles. The minimum atomic E-state index is -1.01. The third-order valence-electron chi connectivity index (χ3n) is 7.24. The molecule has 0 aromatic heterocycles. The van der Waals surface area contributed by atoms with Crippen molar-refractivity contribution < 1.29 is 29.2 Å². The molecule has 11 heteroatoms. The zero-order valence-electron chi connectivity index (χ0n) is 24.7. The molecule has 3 atom stereocenters. The van der Waals surface area contributed by atoms with Crippen molar-refractivity contribution in [3.8, 4) is 0 Å². The minimum absolute atomic E-state index is 0.0497. The summed E-state index contributed by atoms with van der Waals surface area (Å²) in [5.74, 6) is -2.57. The Balaban J connectivity index is 0.00000248. The van der Waals surface area contributed by atoms with Crippen LogP contribution >= 0.6 is 0 Å². The zero-order chi connectivity index (χ0) is 31.2. The Morgan fingerprint density at radius 1 is 0.930 bits per heavy atom. The standard InChI is InChI=1S/C30H35N5O6.C2H6/c36-26(34-41)16-8-7-14-22-27(37)32-23(18-20-10-3-1-4-11-20)28(38)33-24(19-21-12-5-2-6-13-21)30(40)35-17-9-15-25(35)29(39)31-22;1-2/h1-6,10-13,18,22,24-25,41H,7-9,14-17,19H2,(H,31,39)(H,32,37)(H,33,38)(H,34,36);1-2H3/b23-18+;/t22-,24-,25+;/m0./s1. The predicted octanol–water partition coefficient (Wildman–Crippen LogP) is 2.45. The quantitative estimate of drug-likeness (QED) is 0.137. The predicted molar refractivity (Wildman–Crippen MR) is 161 cm³/mol. The number of carbonyl (C=O) groups is 5. The Labute approximate surface area is 252 Å². The molecule has 2 aliphatic heterocycles. The molecule has 4 rings (SSSR count). The van der Waals surface area contributed by atoms with Gasteiger partial charge in [-0.25, -0.2) is 5.48 Å². The van der Waals surface area contributed by atoms with Crippen LogP contribution in [0.4, 0.5) is 0 Å². The maximum Gasteiger partial charge on any atom is 0.268 e. The highest BCUT2D eigenvalue weighted by atomic mass is 16.5. The summed E-state index contributed by atoms with van der Waals surface area (Å²) in [4.78, 5) is 67.2. The van der Waals surface area contributed by atoms with Gasteiger partial charge in [0.2, 0.25) is 23.6 Å². The van der Waals surface area contributed by atoms with Crippen molar-refractivity contribution in [2.45, 2.75) is 76.9 Å². The van der Waals surface area contributed by atoms with Crippen LogP contribution < -0.4 is 21.4 Å². The zero-order valence-corrected chi connectivity index (χ0v) is 24.7. The molecule has 5 N–H and O–H groups in total. The highest BCUT2D eigenvalue weighted by Crippen LogP contribution is 2.21. The molecule has 11 nitrogen and oxygen atoms in total. The van der Waals surface area contributed by atoms with Crippen molar-refractivity contribution in [2.24, 2.45) is 0 Å². The molecule has 2 aliphatic rings. The number of amides is 5. The van der Waals surface area contributed by atoms with Gasteiger partial charge in [-0.1, -0.05) is 80.9 Å². The van der Waals surface area contributed by atoms with Crippen LogP contribution in [-0.2, 0) is 30.4 Å². The van der Waals surface area contributed by atoms with Gasteiger partial charge in [0.15, 0.2) is 0 Å². The van der Waals surface area contributed by atoms with Gasteiger partial charge in [-0.15, -0.1) is 0 Å². The lowest BCUT2D eigenvalue weighted by atomic mass is 10.0. The molecule has 43 heavy (non-hydrogen) atoms. The van der Waals surface area contributed by atoms with Gasteiger partial charge in [0.1, 0.15) is 23.8 Å². The summed E-state index contributed by atoms with van der Waals surface area (Å²) in [6.45, 7) is 4.36. The maximum absolute atomic E-state index is 13.8. The third kappa shape index (κ3) is 9.50. The number of hydroxylamine groups is 1. The Morgan fingerprint density at radius 2 is 1.60 bits per heavy atom. The molecule has 0 radical (unpaired) electrons. The molecule has 2 aromatic carbocycles. The lowest BCUT2D eigenvalue weighted by Gasteiger charge is -2.31. The van der Waals surface area contributed by atoms with Gasteiger partial charge in [-0.3, -0.25) is 29.2 Å². The van der Waals surface area contributed by atoms with Crippen LogP contribution in [0.15, 0.2) is 66.4 Å². The average Bonchev–Trinajstić information content (AvgIpc) is 3.53. The fourth-order valence-electron chi connectivity index (χ4n) is 5.11. The highest BCUT2D eigenvalue weighted by molar-refractivity contribution is 6.05. The number of benzene rings is 2. The van der Waals surface area contributed by atoms with E-state index in [0.717, 1.165) is 5.56 Å². The van der Waals surface area contributed by atoms with E-state index in [0.29, 0.717) is 37.8 Å². The fourth-order valence-corrected chi connectivity index (χ4v) is 5.11. The Hall–Kier alpha value is -4.51. The van der Waals surface area contributed by atoms with Crippen LogP contribution in [0.2, 0.25) is 0 Å². The van der Waals surface area contributed by atoms with Gasteiger partial charge in [0.25, 0.3) is 5.91 Å². The number of carbonyl (C=O) groups excluding carboxylic acids is 5. The molecule has 2 aromatic rings. The smallest absolute Gasteiger partial charge is 0.268 e. The number of nitrogens with one attached hydrogen (secondary N) is 4. The normalized spacial score (nSPS) is 21.7. The number of nitrogens with zero attached hydrogens (tertiary/aromatic N) is 1. The first kappa shape index (κ1) is 33.0. The van der Waals surface area contributed by atoms with Crippen LogP contribution in [0.25, 0.3) is 6.08 Å². The number of hydrogen-bond acceptors (Lipinski definition) is 6. The summed E-state index contributed by atoms with van der Waals surface area (Å²) in [6.07, 6.45) is 3.79. The molecule has 2 saturated heterocycles. The van der Waals surface area contributed by atoms with Crippen LogP contribution in [0.5, 0.6) is 0 Å². The number of fused-ring (bicyclic) bond motifs is 1. The SMILES string of the molecule is CC.O=C(CCCC[C@@H]1NC(=O)[C@H]2CCCN2C(=O)[C@H](Cc2ccccc2)NC(=O)/C(=C\c2ccccc2)NC1=O)NO. The molecule has 0 bridgehead atoms. The van der Waals surface area contributed by atoms with E-state index < -0.39 is 41.8 Å². The lowest BCUT2D eigenvalue weighted by molar-refractivity contribution is -0.142. The first-order valence-corrected chi connectivity index (χ1v) is 14.8. The number of unbranched alkanes of at least 4 members (excludes halogenated alkanes) is 1. The average molecular weight is 592 g/mol. The van der Waals surface area contributed by atoms with Gasteiger partial charge in [-0.2, -0.15) is 0 Å². The molecular formula is C32H41N5O6. The van der Waals surface area contributed by atoms with Gasteiger partial charge in [-0.05, 0) is 42.9 Å². The summed E-state index contributed by atoms with van der Waals surface area (Å²) in [5, 5.41) is 17.0. The highest BCUT2D eigenvalue weighted by Gasteiger charge is 2.40. The topological polar surface area (TPSA) is 157 Å².